The van der Waals surface area contributed by atoms with Gasteiger partial charge >= 0.3 is 18.2 Å². The van der Waals surface area contributed by atoms with Gasteiger partial charge in [0.15, 0.2) is 0 Å². The summed E-state index contributed by atoms with van der Waals surface area (Å²) in [7, 11) is 2.71. The summed E-state index contributed by atoms with van der Waals surface area (Å²) in [6.07, 6.45) is -3.78. The molecule has 2 heterocycles. The van der Waals surface area contributed by atoms with E-state index in [9.17, 15) is 27.9 Å². The number of carbonyl (C=O) groups excluding carboxylic acids is 1. The van der Waals surface area contributed by atoms with Gasteiger partial charge in [-0.3, -0.25) is 4.79 Å². The van der Waals surface area contributed by atoms with Gasteiger partial charge in [-0.1, -0.05) is 30.2 Å². The molecule has 2 N–H and O–H groups in total. The Morgan fingerprint density at radius 1 is 1.12 bits per heavy atom. The molecule has 3 aromatic rings. The van der Waals surface area contributed by atoms with Crippen molar-refractivity contribution in [3.63, 3.8) is 0 Å². The molecule has 0 bridgehead atoms. The third-order valence-electron chi connectivity index (χ3n) is 6.70. The van der Waals surface area contributed by atoms with Crippen LogP contribution in [0.15, 0.2) is 48.7 Å². The number of carboxylic acid groups (broad SMARTS) is 1. The summed E-state index contributed by atoms with van der Waals surface area (Å²) >= 11 is 0. The third kappa shape index (κ3) is 7.25. The van der Waals surface area contributed by atoms with E-state index in [0.29, 0.717) is 54.7 Å². The van der Waals surface area contributed by atoms with Crippen LogP contribution in [0.2, 0.25) is 0 Å². The maximum atomic E-state index is 13.8. The number of ether oxygens (including phenoxy) is 2. The Bertz CT molecular complexity index is 1490. The normalized spacial score (nSPS) is 13.6. The Kier molecular flexibility index (Phi) is 8.97. The van der Waals surface area contributed by atoms with E-state index >= 15 is 0 Å². The fourth-order valence-corrected chi connectivity index (χ4v) is 4.48. The first-order chi connectivity index (χ1) is 19.6. The molecular weight excluding hydrogens is 541 g/mol. The SMILES string of the molecule is COC(=O)Cc1ccccc1C#Cc1nc(Nc2ccc(C3CCN(C(=O)O)CC3)cc2OC)ncc1C(F)(F)F. The van der Waals surface area contributed by atoms with Crippen LogP contribution in [0.1, 0.15) is 46.7 Å². The topological polar surface area (TPSA) is 114 Å². The minimum absolute atomic E-state index is 0.0848. The van der Waals surface area contributed by atoms with E-state index in [1.807, 2.05) is 12.1 Å². The van der Waals surface area contributed by atoms with Crippen molar-refractivity contribution >= 4 is 23.7 Å². The van der Waals surface area contributed by atoms with Crippen LogP contribution in [0.4, 0.5) is 29.6 Å². The van der Waals surface area contributed by atoms with Crippen LogP contribution in [-0.2, 0) is 22.1 Å². The smallest absolute Gasteiger partial charge is 0.420 e. The van der Waals surface area contributed by atoms with E-state index in [1.54, 1.807) is 30.3 Å². The Balaban J connectivity index is 1.61. The predicted octanol–water partition coefficient (Wildman–Crippen LogP) is 5.22. The van der Waals surface area contributed by atoms with Crippen LogP contribution >= 0.6 is 0 Å². The summed E-state index contributed by atoms with van der Waals surface area (Å²) in [5.74, 6) is 5.14. The molecule has 0 saturated carbocycles. The van der Waals surface area contributed by atoms with Crippen molar-refractivity contribution in [2.45, 2.75) is 31.4 Å². The number of halogens is 3. The Morgan fingerprint density at radius 3 is 2.51 bits per heavy atom. The molecule has 1 saturated heterocycles. The number of rotatable bonds is 6. The number of benzene rings is 2. The van der Waals surface area contributed by atoms with Gasteiger partial charge in [0.1, 0.15) is 17.0 Å². The summed E-state index contributed by atoms with van der Waals surface area (Å²) < 4.78 is 51.5. The van der Waals surface area contributed by atoms with Crippen LogP contribution in [0, 0.1) is 11.8 Å². The van der Waals surface area contributed by atoms with Crippen molar-refractivity contribution in [1.82, 2.24) is 14.9 Å². The quantitative estimate of drug-likeness (QED) is 0.307. The number of methoxy groups -OCH3 is 2. The van der Waals surface area contributed by atoms with Gasteiger partial charge in [0, 0.05) is 24.8 Å². The summed E-state index contributed by atoms with van der Waals surface area (Å²) in [5, 5.41) is 12.1. The molecule has 1 aliphatic rings. The lowest BCUT2D eigenvalue weighted by Crippen LogP contribution is -2.36. The number of hydrogen-bond acceptors (Lipinski definition) is 7. The lowest BCUT2D eigenvalue weighted by molar-refractivity contribution is -0.140. The monoisotopic (exact) mass is 568 g/mol. The van der Waals surface area contributed by atoms with Gasteiger partial charge in [-0.15, -0.1) is 0 Å². The largest absolute Gasteiger partial charge is 0.495 e. The summed E-state index contributed by atoms with van der Waals surface area (Å²) in [6.45, 7) is 0.859. The first-order valence-electron chi connectivity index (χ1n) is 12.6. The van der Waals surface area contributed by atoms with Crippen molar-refractivity contribution in [3.8, 4) is 17.6 Å². The standard InChI is InChI=1S/C29H27F3N4O5/c1-40-25-15-21(19-11-13-36(14-12-19)28(38)39)8-10-24(25)35-27-33-17-22(29(30,31)32)23(34-27)9-7-18-5-3-4-6-20(18)16-26(37)41-2/h3-6,8,10,15,17,19H,11-14,16H2,1-2H3,(H,38,39)(H,33,34,35). The molecule has 1 fully saturated rings. The van der Waals surface area contributed by atoms with Crippen LogP contribution in [0.3, 0.4) is 0 Å². The molecule has 0 aliphatic carbocycles. The highest BCUT2D eigenvalue weighted by atomic mass is 19.4. The Labute approximate surface area is 234 Å². The molecule has 0 spiro atoms. The van der Waals surface area contributed by atoms with E-state index in [1.165, 1.54) is 19.1 Å². The van der Waals surface area contributed by atoms with Gasteiger partial charge in [0.2, 0.25) is 5.95 Å². The van der Waals surface area contributed by atoms with E-state index in [0.717, 1.165) is 5.56 Å². The molecule has 9 nitrogen and oxygen atoms in total. The number of anilines is 2. The zero-order valence-corrected chi connectivity index (χ0v) is 22.3. The van der Waals surface area contributed by atoms with E-state index in [-0.39, 0.29) is 18.3 Å². The zero-order valence-electron chi connectivity index (χ0n) is 22.3. The van der Waals surface area contributed by atoms with Gasteiger partial charge in [-0.05, 0) is 54.0 Å². The maximum Gasteiger partial charge on any atom is 0.420 e. The lowest BCUT2D eigenvalue weighted by Gasteiger charge is -2.30. The number of likely N-dealkylation sites (tertiary alicyclic amines) is 1. The molecule has 0 atom stereocenters. The molecular formula is C29H27F3N4O5. The number of amides is 1. The molecule has 12 heteroatoms. The van der Waals surface area contributed by atoms with Crippen molar-refractivity contribution < 1.29 is 37.3 Å². The number of hydrogen-bond donors (Lipinski definition) is 2. The van der Waals surface area contributed by atoms with Crippen molar-refractivity contribution in [1.29, 1.82) is 0 Å². The van der Waals surface area contributed by atoms with Gasteiger partial charge in [0.05, 0.1) is 26.3 Å². The van der Waals surface area contributed by atoms with Crippen LogP contribution in [-0.4, -0.2) is 59.3 Å². The average Bonchev–Trinajstić information content (AvgIpc) is 2.96. The minimum atomic E-state index is -4.75. The molecule has 1 aliphatic heterocycles. The second kappa shape index (κ2) is 12.6. The first-order valence-corrected chi connectivity index (χ1v) is 12.6. The molecule has 1 amide bonds. The second-order valence-corrected chi connectivity index (χ2v) is 9.24. The summed E-state index contributed by atoms with van der Waals surface area (Å²) in [5.41, 5.74) is 0.626. The molecule has 41 heavy (non-hydrogen) atoms. The first kappa shape index (κ1) is 29.2. The molecule has 0 radical (unpaired) electrons. The molecule has 1 aromatic heterocycles. The molecule has 214 valence electrons. The van der Waals surface area contributed by atoms with Crippen LogP contribution in [0.5, 0.6) is 5.75 Å². The number of nitrogens with zero attached hydrogens (tertiary/aromatic N) is 3. The van der Waals surface area contributed by atoms with E-state index in [4.69, 9.17) is 4.74 Å². The number of esters is 1. The van der Waals surface area contributed by atoms with E-state index < -0.39 is 29.5 Å². The molecule has 2 aromatic carbocycles. The third-order valence-corrected chi connectivity index (χ3v) is 6.70. The zero-order chi connectivity index (χ0) is 29.6. The predicted molar refractivity (Wildman–Crippen MR) is 143 cm³/mol. The van der Waals surface area contributed by atoms with Gasteiger partial charge in [-0.25, -0.2) is 14.8 Å². The Morgan fingerprint density at radius 2 is 1.85 bits per heavy atom. The second-order valence-electron chi connectivity index (χ2n) is 9.24. The average molecular weight is 569 g/mol. The highest BCUT2D eigenvalue weighted by molar-refractivity contribution is 5.73. The highest BCUT2D eigenvalue weighted by Crippen LogP contribution is 2.35. The van der Waals surface area contributed by atoms with Gasteiger partial charge < -0.3 is 24.8 Å². The number of alkyl halides is 3. The van der Waals surface area contributed by atoms with Crippen molar-refractivity contribution in [2.24, 2.45) is 0 Å². The van der Waals surface area contributed by atoms with Crippen molar-refractivity contribution in [2.75, 3.05) is 32.6 Å². The fourth-order valence-electron chi connectivity index (χ4n) is 4.48. The summed E-state index contributed by atoms with van der Waals surface area (Å²) in [6, 6.07) is 12.0. The summed E-state index contributed by atoms with van der Waals surface area (Å²) in [4.78, 5) is 32.2. The Hall–Kier alpha value is -4.79. The fraction of sp³-hybridized carbons (Fsp3) is 0.310. The maximum absolute atomic E-state index is 13.8. The van der Waals surface area contributed by atoms with Crippen molar-refractivity contribution in [3.05, 3.63) is 76.6 Å². The number of piperidine rings is 1. The van der Waals surface area contributed by atoms with Crippen LogP contribution in [0.25, 0.3) is 0 Å². The number of nitrogens with one attached hydrogen (secondary N) is 1. The molecule has 4 rings (SSSR count). The number of carbonyl (C=O) groups is 2. The lowest BCUT2D eigenvalue weighted by atomic mass is 9.89. The number of aromatic nitrogens is 2. The van der Waals surface area contributed by atoms with Crippen LogP contribution < -0.4 is 10.1 Å². The van der Waals surface area contributed by atoms with Gasteiger partial charge in [-0.2, -0.15) is 13.2 Å². The van der Waals surface area contributed by atoms with E-state index in [2.05, 4.69) is 31.9 Å². The van der Waals surface area contributed by atoms with Gasteiger partial charge in [0.25, 0.3) is 0 Å². The minimum Gasteiger partial charge on any atom is -0.495 e. The molecule has 0 unspecified atom stereocenters. The highest BCUT2D eigenvalue weighted by Gasteiger charge is 2.35.